The van der Waals surface area contributed by atoms with Crippen molar-refractivity contribution >= 4 is 33.1 Å². The molecule has 0 aliphatic carbocycles. The molecule has 4 heterocycles. The number of morpholine rings is 2. The molecule has 0 unspecified atom stereocenters. The molecule has 0 atom stereocenters. The van der Waals surface area contributed by atoms with Crippen LogP contribution < -0.4 is 20.1 Å². The standard InChI is InChI=1S/C24H29N5O5S/c1-31-18-3-2-17(29-9-13-33-14-10-29)21-20(18)27-24(35-21)19-16(22(25)30)4-5-26-23(19)34-15-8-28-6-11-32-12-7-28/h2-5H,6-15H2,1H3,(H2,25,30). The first-order valence-corrected chi connectivity index (χ1v) is 12.5. The Labute approximate surface area is 207 Å². The van der Waals surface area contributed by atoms with Crippen molar-refractivity contribution < 1.29 is 23.7 Å². The molecule has 2 fully saturated rings. The van der Waals surface area contributed by atoms with E-state index in [1.165, 1.54) is 11.3 Å². The molecule has 0 bridgehead atoms. The third-order valence-electron chi connectivity index (χ3n) is 6.20. The lowest BCUT2D eigenvalue weighted by atomic mass is 10.1. The van der Waals surface area contributed by atoms with Gasteiger partial charge in [-0.05, 0) is 18.2 Å². The van der Waals surface area contributed by atoms with Gasteiger partial charge in [-0.2, -0.15) is 0 Å². The number of aromatic nitrogens is 2. The predicted octanol–water partition coefficient (Wildman–Crippen LogP) is 2.01. The van der Waals surface area contributed by atoms with Crippen LogP contribution in [0.2, 0.25) is 0 Å². The number of fused-ring (bicyclic) bond motifs is 1. The SMILES string of the molecule is COc1ccc(N2CCOCC2)c2sc(-c3c(C(N)=O)ccnc3OCCN3CCOCC3)nc12. The lowest BCUT2D eigenvalue weighted by molar-refractivity contribution is 0.0320. The molecule has 0 saturated carbocycles. The fraction of sp³-hybridized carbons (Fsp3) is 0.458. The lowest BCUT2D eigenvalue weighted by Crippen LogP contribution is -2.38. The van der Waals surface area contributed by atoms with E-state index in [-0.39, 0.29) is 0 Å². The first-order valence-electron chi connectivity index (χ1n) is 11.7. The normalized spacial score (nSPS) is 17.0. The number of hydrogen-bond donors (Lipinski definition) is 1. The van der Waals surface area contributed by atoms with E-state index >= 15 is 0 Å². The van der Waals surface area contributed by atoms with Gasteiger partial charge in [0.25, 0.3) is 0 Å². The molecule has 2 N–H and O–H groups in total. The minimum absolute atomic E-state index is 0.326. The van der Waals surface area contributed by atoms with Crippen LogP contribution in [0.25, 0.3) is 20.8 Å². The summed E-state index contributed by atoms with van der Waals surface area (Å²) in [6.45, 7) is 7.28. The molecule has 2 saturated heterocycles. The van der Waals surface area contributed by atoms with Crippen molar-refractivity contribution in [1.29, 1.82) is 0 Å². The van der Waals surface area contributed by atoms with Crippen molar-refractivity contribution in [2.75, 3.05) is 77.8 Å². The van der Waals surface area contributed by atoms with E-state index in [9.17, 15) is 4.79 Å². The van der Waals surface area contributed by atoms with Crippen LogP contribution in [0.5, 0.6) is 11.6 Å². The van der Waals surface area contributed by atoms with Crippen LogP contribution in [0.4, 0.5) is 5.69 Å². The van der Waals surface area contributed by atoms with Gasteiger partial charge >= 0.3 is 0 Å². The highest BCUT2D eigenvalue weighted by Crippen LogP contribution is 2.43. The molecular weight excluding hydrogens is 470 g/mol. The number of benzene rings is 1. The van der Waals surface area contributed by atoms with Crippen molar-refractivity contribution in [3.05, 3.63) is 30.0 Å². The summed E-state index contributed by atoms with van der Waals surface area (Å²) in [4.78, 5) is 26.3. The van der Waals surface area contributed by atoms with Gasteiger partial charge in [0.2, 0.25) is 11.8 Å². The molecule has 35 heavy (non-hydrogen) atoms. The largest absolute Gasteiger partial charge is 0.494 e. The number of rotatable bonds is 8. The highest BCUT2D eigenvalue weighted by Gasteiger charge is 2.24. The van der Waals surface area contributed by atoms with Crippen molar-refractivity contribution in [1.82, 2.24) is 14.9 Å². The Balaban J connectivity index is 1.52. The van der Waals surface area contributed by atoms with Gasteiger partial charge in [0.15, 0.2) is 0 Å². The third-order valence-corrected chi connectivity index (χ3v) is 7.30. The molecular formula is C24H29N5O5S. The number of hydrogen-bond acceptors (Lipinski definition) is 10. The second kappa shape index (κ2) is 10.7. The summed E-state index contributed by atoms with van der Waals surface area (Å²) in [6.07, 6.45) is 1.54. The Kier molecular flexibility index (Phi) is 7.28. The van der Waals surface area contributed by atoms with Crippen molar-refractivity contribution in [3.8, 4) is 22.2 Å². The average Bonchev–Trinajstić information content (AvgIpc) is 3.34. The fourth-order valence-corrected chi connectivity index (χ4v) is 5.53. The molecule has 1 amide bonds. The van der Waals surface area contributed by atoms with E-state index in [0.717, 1.165) is 61.8 Å². The van der Waals surface area contributed by atoms with Gasteiger partial charge in [-0.1, -0.05) is 0 Å². The van der Waals surface area contributed by atoms with E-state index in [2.05, 4.69) is 14.8 Å². The number of nitrogens with zero attached hydrogens (tertiary/aromatic N) is 4. The monoisotopic (exact) mass is 499 g/mol. The van der Waals surface area contributed by atoms with Crippen molar-refractivity contribution in [2.45, 2.75) is 0 Å². The Hall–Kier alpha value is -2.99. The Morgan fingerprint density at radius 1 is 1.11 bits per heavy atom. The van der Waals surface area contributed by atoms with Gasteiger partial charge in [-0.15, -0.1) is 11.3 Å². The molecule has 0 spiro atoms. The second-order valence-corrected chi connectivity index (χ2v) is 9.29. The number of primary amides is 1. The fourth-order valence-electron chi connectivity index (χ4n) is 4.36. The number of thiazole rings is 1. The number of ether oxygens (including phenoxy) is 4. The molecule has 2 aliphatic rings. The zero-order valence-corrected chi connectivity index (χ0v) is 20.5. The zero-order valence-electron chi connectivity index (χ0n) is 19.7. The van der Waals surface area contributed by atoms with Crippen LogP contribution in [0.3, 0.4) is 0 Å². The van der Waals surface area contributed by atoms with Crippen LogP contribution in [-0.2, 0) is 9.47 Å². The smallest absolute Gasteiger partial charge is 0.249 e. The molecule has 1 aromatic carbocycles. The van der Waals surface area contributed by atoms with Gasteiger partial charge in [0.1, 0.15) is 22.9 Å². The number of methoxy groups -OCH3 is 1. The number of carbonyl (C=O) groups is 1. The Morgan fingerprint density at radius 3 is 2.57 bits per heavy atom. The van der Waals surface area contributed by atoms with Gasteiger partial charge in [0.05, 0.1) is 55.1 Å². The zero-order chi connectivity index (χ0) is 24.2. The van der Waals surface area contributed by atoms with Crippen molar-refractivity contribution in [2.24, 2.45) is 5.73 Å². The minimum atomic E-state index is -0.556. The van der Waals surface area contributed by atoms with Gasteiger partial charge < -0.3 is 29.6 Å². The highest BCUT2D eigenvalue weighted by atomic mass is 32.1. The minimum Gasteiger partial charge on any atom is -0.494 e. The topological polar surface area (TPSA) is 112 Å². The van der Waals surface area contributed by atoms with Crippen molar-refractivity contribution in [3.63, 3.8) is 0 Å². The molecule has 2 aliphatic heterocycles. The number of amides is 1. The number of nitrogens with two attached hydrogens (primary N) is 1. The summed E-state index contributed by atoms with van der Waals surface area (Å²) in [5, 5.41) is 0.613. The highest BCUT2D eigenvalue weighted by molar-refractivity contribution is 7.22. The maximum Gasteiger partial charge on any atom is 0.249 e. The van der Waals surface area contributed by atoms with Crippen LogP contribution in [0, 0.1) is 0 Å². The van der Waals surface area contributed by atoms with Crippen LogP contribution >= 0.6 is 11.3 Å². The first kappa shape index (κ1) is 23.7. The summed E-state index contributed by atoms with van der Waals surface area (Å²) >= 11 is 1.48. The van der Waals surface area contributed by atoms with Gasteiger partial charge in [-0.3, -0.25) is 9.69 Å². The number of anilines is 1. The van der Waals surface area contributed by atoms with E-state index < -0.39 is 5.91 Å². The van der Waals surface area contributed by atoms with Gasteiger partial charge in [-0.25, -0.2) is 9.97 Å². The van der Waals surface area contributed by atoms with Crippen LogP contribution in [0.15, 0.2) is 24.4 Å². The summed E-state index contributed by atoms with van der Waals surface area (Å²) < 4.78 is 23.6. The quantitative estimate of drug-likeness (QED) is 0.497. The molecule has 5 rings (SSSR count). The van der Waals surface area contributed by atoms with E-state index in [4.69, 9.17) is 29.7 Å². The molecule has 11 heteroatoms. The average molecular weight is 500 g/mol. The first-order chi connectivity index (χ1) is 17.2. The molecule has 186 valence electrons. The van der Waals surface area contributed by atoms with E-state index in [0.29, 0.717) is 47.6 Å². The Morgan fingerprint density at radius 2 is 1.86 bits per heavy atom. The Bertz CT molecular complexity index is 1190. The second-order valence-electron chi connectivity index (χ2n) is 8.29. The van der Waals surface area contributed by atoms with E-state index in [1.807, 2.05) is 12.1 Å². The molecule has 10 nitrogen and oxygen atoms in total. The molecule has 2 aromatic heterocycles. The maximum atomic E-state index is 12.4. The third kappa shape index (κ3) is 5.03. The summed E-state index contributed by atoms with van der Waals surface area (Å²) in [5.41, 5.74) is 8.38. The van der Waals surface area contributed by atoms with E-state index in [1.54, 1.807) is 19.4 Å². The molecule has 3 aromatic rings. The van der Waals surface area contributed by atoms with Gasteiger partial charge in [0, 0.05) is 38.9 Å². The predicted molar refractivity (Wildman–Crippen MR) is 134 cm³/mol. The summed E-state index contributed by atoms with van der Waals surface area (Å²) in [6, 6.07) is 5.58. The summed E-state index contributed by atoms with van der Waals surface area (Å²) in [5.74, 6) is 0.458. The van der Waals surface area contributed by atoms with Crippen LogP contribution in [-0.4, -0.2) is 93.6 Å². The number of carbonyl (C=O) groups excluding carboxylic acids is 1. The number of pyridine rings is 1. The lowest BCUT2D eigenvalue weighted by Gasteiger charge is -2.29. The maximum absolute atomic E-state index is 12.4. The van der Waals surface area contributed by atoms with Crippen LogP contribution in [0.1, 0.15) is 10.4 Å². The molecule has 0 radical (unpaired) electrons. The summed E-state index contributed by atoms with van der Waals surface area (Å²) in [7, 11) is 1.63.